The molecule has 6 heteroatoms. The first-order valence-corrected chi connectivity index (χ1v) is 7.23. The molecule has 1 aliphatic rings. The van der Waals surface area contributed by atoms with Crippen molar-refractivity contribution in [1.29, 1.82) is 0 Å². The van der Waals surface area contributed by atoms with Crippen LogP contribution in [0.3, 0.4) is 0 Å². The molecule has 3 amide bonds. The van der Waals surface area contributed by atoms with Crippen molar-refractivity contribution in [2.45, 2.75) is 38.6 Å². The molecular weight excluding hydrogens is 270 g/mol. The van der Waals surface area contributed by atoms with Crippen molar-refractivity contribution in [3.05, 3.63) is 40.8 Å². The van der Waals surface area contributed by atoms with Gasteiger partial charge in [-0.15, -0.1) is 4.91 Å². The summed E-state index contributed by atoms with van der Waals surface area (Å²) in [5.41, 5.74) is 0.603. The summed E-state index contributed by atoms with van der Waals surface area (Å²) in [5.74, 6) is -0.373. The molecular formula is C15H19N3O3. The third kappa shape index (κ3) is 3.09. The second kappa shape index (κ2) is 6.97. The summed E-state index contributed by atoms with van der Waals surface area (Å²) in [6, 6.07) is 7.22. The van der Waals surface area contributed by atoms with Crippen LogP contribution in [0.15, 0.2) is 35.6 Å². The molecule has 0 radical (unpaired) electrons. The topological polar surface area (TPSA) is 70.1 Å². The predicted molar refractivity (Wildman–Crippen MR) is 78.1 cm³/mol. The van der Waals surface area contributed by atoms with Crippen molar-refractivity contribution in [3.8, 4) is 0 Å². The highest BCUT2D eigenvalue weighted by molar-refractivity contribution is 6.04. The predicted octanol–water partition coefficient (Wildman–Crippen LogP) is 3.25. The molecule has 2 rings (SSSR count). The van der Waals surface area contributed by atoms with E-state index in [0.29, 0.717) is 12.1 Å². The van der Waals surface area contributed by atoms with Gasteiger partial charge in [-0.3, -0.25) is 9.69 Å². The van der Waals surface area contributed by atoms with Gasteiger partial charge in [-0.05, 0) is 12.0 Å². The van der Waals surface area contributed by atoms with Gasteiger partial charge >= 0.3 is 6.03 Å². The van der Waals surface area contributed by atoms with E-state index in [0.717, 1.165) is 35.6 Å². The number of benzene rings is 1. The molecule has 1 saturated heterocycles. The van der Waals surface area contributed by atoms with Crippen LogP contribution in [0.2, 0.25) is 0 Å². The molecule has 0 aromatic heterocycles. The average Bonchev–Trinajstić information content (AvgIpc) is 2.75. The quantitative estimate of drug-likeness (QED) is 0.439. The molecule has 1 fully saturated rings. The maximum absolute atomic E-state index is 12.4. The number of hydrogen-bond acceptors (Lipinski definition) is 4. The Kier molecular flexibility index (Phi) is 5.03. The lowest BCUT2D eigenvalue weighted by Crippen LogP contribution is -2.32. The molecule has 0 aliphatic carbocycles. The van der Waals surface area contributed by atoms with E-state index in [1.807, 2.05) is 6.07 Å². The summed E-state index contributed by atoms with van der Waals surface area (Å²) >= 11 is 0. The Balaban J connectivity index is 2.14. The lowest BCUT2D eigenvalue weighted by molar-refractivity contribution is -0.128. The van der Waals surface area contributed by atoms with Crippen molar-refractivity contribution in [2.75, 3.05) is 6.54 Å². The van der Waals surface area contributed by atoms with Crippen molar-refractivity contribution >= 4 is 11.9 Å². The minimum absolute atomic E-state index is 0.340. The van der Waals surface area contributed by atoms with Gasteiger partial charge in [0.25, 0.3) is 5.91 Å². The molecule has 6 nitrogen and oxygen atoms in total. The number of unbranched alkanes of at least 4 members (excludes halogenated alkanes) is 3. The van der Waals surface area contributed by atoms with Gasteiger partial charge in [-0.2, -0.15) is 5.01 Å². The Morgan fingerprint density at radius 2 is 1.81 bits per heavy atom. The molecule has 0 N–H and O–H groups in total. The van der Waals surface area contributed by atoms with Crippen LogP contribution < -0.4 is 0 Å². The fourth-order valence-electron chi connectivity index (χ4n) is 2.48. The first-order chi connectivity index (χ1) is 10.2. The largest absolute Gasteiger partial charge is 0.350 e. The van der Waals surface area contributed by atoms with Crippen LogP contribution in [0, 0.1) is 4.91 Å². The normalized spacial score (nSPS) is 18.4. The Morgan fingerprint density at radius 1 is 1.10 bits per heavy atom. The Hall–Kier alpha value is -2.24. The van der Waals surface area contributed by atoms with E-state index in [1.165, 1.54) is 0 Å². The summed E-state index contributed by atoms with van der Waals surface area (Å²) in [6.45, 7) is 2.43. The highest BCUT2D eigenvalue weighted by Crippen LogP contribution is 2.31. The van der Waals surface area contributed by atoms with Gasteiger partial charge in [0.15, 0.2) is 6.04 Å². The molecule has 112 valence electrons. The molecule has 1 aromatic carbocycles. The van der Waals surface area contributed by atoms with Crippen molar-refractivity contribution in [3.63, 3.8) is 0 Å². The summed E-state index contributed by atoms with van der Waals surface area (Å²) in [5, 5.41) is 3.48. The van der Waals surface area contributed by atoms with E-state index in [-0.39, 0.29) is 5.91 Å². The van der Waals surface area contributed by atoms with Crippen molar-refractivity contribution < 1.29 is 9.59 Å². The van der Waals surface area contributed by atoms with E-state index in [2.05, 4.69) is 12.2 Å². The molecule has 0 bridgehead atoms. The van der Waals surface area contributed by atoms with Crippen molar-refractivity contribution in [2.24, 2.45) is 5.29 Å². The number of nitroso groups, excluding NO2 is 1. The number of imide groups is 1. The third-order valence-electron chi connectivity index (χ3n) is 3.61. The highest BCUT2D eigenvalue weighted by Gasteiger charge is 2.47. The van der Waals surface area contributed by atoms with E-state index < -0.39 is 12.1 Å². The van der Waals surface area contributed by atoms with E-state index in [4.69, 9.17) is 0 Å². The lowest BCUT2D eigenvalue weighted by atomic mass is 10.1. The van der Waals surface area contributed by atoms with Gasteiger partial charge in [0.05, 0.1) is 5.29 Å². The van der Waals surface area contributed by atoms with Gasteiger partial charge in [-0.1, -0.05) is 56.5 Å². The lowest BCUT2D eigenvalue weighted by Gasteiger charge is -2.12. The standard InChI is InChI=1S/C15H19N3O3/c1-2-3-4-8-11-17-14(19)13(18(16-21)15(17)20)12-9-6-5-7-10-12/h5-7,9-10,13H,2-4,8,11H2,1H3. The minimum Gasteiger partial charge on any atom is -0.271 e. The van der Waals surface area contributed by atoms with Crippen LogP contribution in [0.1, 0.15) is 44.2 Å². The molecule has 21 heavy (non-hydrogen) atoms. The highest BCUT2D eigenvalue weighted by atomic mass is 16.3. The number of nitrogens with zero attached hydrogens (tertiary/aromatic N) is 3. The number of carbonyl (C=O) groups is 2. The fraction of sp³-hybridized carbons (Fsp3) is 0.467. The Labute approximate surface area is 123 Å². The molecule has 1 heterocycles. The molecule has 1 aromatic rings. The SMILES string of the molecule is CCCCCCN1C(=O)C(c2ccccc2)N(N=O)C1=O. The minimum atomic E-state index is -0.928. The monoisotopic (exact) mass is 289 g/mol. The summed E-state index contributed by atoms with van der Waals surface area (Å²) in [7, 11) is 0. The van der Waals surface area contributed by atoms with E-state index in [1.54, 1.807) is 24.3 Å². The van der Waals surface area contributed by atoms with E-state index >= 15 is 0 Å². The zero-order valence-electron chi connectivity index (χ0n) is 12.1. The first-order valence-electron chi connectivity index (χ1n) is 7.23. The number of hydrogen-bond donors (Lipinski definition) is 0. The van der Waals surface area contributed by atoms with Crippen LogP contribution in [0.5, 0.6) is 0 Å². The number of urea groups is 1. The summed E-state index contributed by atoms with van der Waals surface area (Å²) in [6.07, 6.45) is 3.85. The molecule has 1 aliphatic heterocycles. The van der Waals surface area contributed by atoms with Gasteiger partial charge in [-0.25, -0.2) is 4.79 Å². The maximum Gasteiger partial charge on any atom is 0.350 e. The summed E-state index contributed by atoms with van der Waals surface area (Å²) in [4.78, 5) is 36.6. The zero-order valence-corrected chi connectivity index (χ0v) is 12.1. The van der Waals surface area contributed by atoms with Gasteiger partial charge < -0.3 is 0 Å². The number of rotatable bonds is 7. The maximum atomic E-state index is 12.4. The molecule has 0 saturated carbocycles. The second-order valence-corrected chi connectivity index (χ2v) is 5.07. The van der Waals surface area contributed by atoms with Crippen LogP contribution >= 0.6 is 0 Å². The molecule has 1 atom stereocenters. The van der Waals surface area contributed by atoms with Crippen LogP contribution in [-0.4, -0.2) is 28.4 Å². The second-order valence-electron chi connectivity index (χ2n) is 5.07. The van der Waals surface area contributed by atoms with Crippen molar-refractivity contribution in [1.82, 2.24) is 9.91 Å². The number of amides is 3. The van der Waals surface area contributed by atoms with Gasteiger partial charge in [0.2, 0.25) is 0 Å². The number of carbonyl (C=O) groups excluding carboxylic acids is 2. The van der Waals surface area contributed by atoms with Crippen LogP contribution in [-0.2, 0) is 4.79 Å². The van der Waals surface area contributed by atoms with E-state index in [9.17, 15) is 14.5 Å². The van der Waals surface area contributed by atoms with Crippen LogP contribution in [0.4, 0.5) is 4.79 Å². The fourth-order valence-corrected chi connectivity index (χ4v) is 2.48. The molecule has 1 unspecified atom stereocenters. The summed E-state index contributed by atoms with van der Waals surface area (Å²) < 4.78 is 0. The van der Waals surface area contributed by atoms with Gasteiger partial charge in [0.1, 0.15) is 0 Å². The molecule has 0 spiro atoms. The average molecular weight is 289 g/mol. The zero-order chi connectivity index (χ0) is 15.2. The first kappa shape index (κ1) is 15.2. The Bertz CT molecular complexity index is 518. The Morgan fingerprint density at radius 3 is 2.43 bits per heavy atom. The third-order valence-corrected chi connectivity index (χ3v) is 3.61. The van der Waals surface area contributed by atoms with Crippen LogP contribution in [0.25, 0.3) is 0 Å². The van der Waals surface area contributed by atoms with Gasteiger partial charge in [0, 0.05) is 6.54 Å². The smallest absolute Gasteiger partial charge is 0.271 e.